The number of hydrogen-bond donors (Lipinski definition) is 1. The topological polar surface area (TPSA) is 59.0 Å². The Morgan fingerprint density at radius 1 is 0.857 bits per heavy atom. The largest absolute Gasteiger partial charge is 0.478 e. The molecule has 3 aromatic carbocycles. The highest BCUT2D eigenvalue weighted by molar-refractivity contribution is 5.97. The maximum Gasteiger partial charge on any atom is 0.336 e. The molecular weight excluding hydrogens is 438 g/mol. The quantitative estimate of drug-likeness (QED) is 0.498. The second-order valence-electron chi connectivity index (χ2n) is 9.66. The van der Waals surface area contributed by atoms with Crippen molar-refractivity contribution in [1.29, 1.82) is 0 Å². The predicted molar refractivity (Wildman–Crippen MR) is 135 cm³/mol. The lowest BCUT2D eigenvalue weighted by atomic mass is 9.84. The normalized spacial score (nSPS) is 20.7. The molecule has 6 rings (SSSR count). The average Bonchev–Trinajstić information content (AvgIpc) is 3.44. The van der Waals surface area contributed by atoms with Crippen LogP contribution in [0.2, 0.25) is 0 Å². The van der Waals surface area contributed by atoms with Crippen LogP contribution in [0.1, 0.15) is 52.7 Å². The Morgan fingerprint density at radius 3 is 2.29 bits per heavy atom. The first-order chi connectivity index (χ1) is 17.2. The van der Waals surface area contributed by atoms with E-state index in [-0.39, 0.29) is 0 Å². The van der Waals surface area contributed by atoms with Gasteiger partial charge in [-0.25, -0.2) is 4.79 Å². The minimum atomic E-state index is -0.876. The van der Waals surface area contributed by atoms with Gasteiger partial charge in [0.1, 0.15) is 0 Å². The lowest BCUT2D eigenvalue weighted by Gasteiger charge is -2.37. The van der Waals surface area contributed by atoms with Crippen LogP contribution in [-0.2, 0) is 6.42 Å². The lowest BCUT2D eigenvalue weighted by Crippen LogP contribution is -2.41. The molecule has 0 spiro atoms. The van der Waals surface area contributed by atoms with Crippen LogP contribution in [0.15, 0.2) is 78.4 Å². The highest BCUT2D eigenvalue weighted by Gasteiger charge is 2.39. The van der Waals surface area contributed by atoms with Gasteiger partial charge >= 0.3 is 5.97 Å². The van der Waals surface area contributed by atoms with Crippen LogP contribution in [0, 0.1) is 0 Å². The summed E-state index contributed by atoms with van der Waals surface area (Å²) in [5.41, 5.74) is 6.07. The van der Waals surface area contributed by atoms with E-state index in [9.17, 15) is 9.90 Å². The van der Waals surface area contributed by atoms with Crippen molar-refractivity contribution in [1.82, 2.24) is 4.90 Å². The molecular formula is C30H29NO4. The Morgan fingerprint density at radius 2 is 1.54 bits per heavy atom. The standard InChI is InChI=1S/C30H29NO4/c32-30(33)26-9-5-4-8-25(26)29(21-6-2-1-3-7-21)22-17-23-11-12-24(18-22)31(23)15-14-20-10-13-27-28(16-20)35-19-34-27/h1-10,13,16,23-24H,11-12,14-15,17-19H2,(H,32,33). The zero-order chi connectivity index (χ0) is 23.8. The monoisotopic (exact) mass is 467 g/mol. The Hall–Kier alpha value is -3.57. The molecule has 0 saturated carbocycles. The third-order valence-electron chi connectivity index (χ3n) is 7.67. The summed E-state index contributed by atoms with van der Waals surface area (Å²) in [5, 5.41) is 9.91. The fraction of sp³-hybridized carbons (Fsp3) is 0.300. The summed E-state index contributed by atoms with van der Waals surface area (Å²) in [6.07, 6.45) is 5.33. The Kier molecular flexibility index (Phi) is 5.78. The van der Waals surface area contributed by atoms with Crippen LogP contribution >= 0.6 is 0 Å². The van der Waals surface area contributed by atoms with Gasteiger partial charge in [0.15, 0.2) is 11.5 Å². The zero-order valence-electron chi connectivity index (χ0n) is 19.7. The Balaban J connectivity index is 1.29. The third kappa shape index (κ3) is 4.21. The molecule has 0 aliphatic carbocycles. The number of ether oxygens (including phenoxy) is 2. The molecule has 35 heavy (non-hydrogen) atoms. The predicted octanol–water partition coefficient (Wildman–Crippen LogP) is 5.78. The van der Waals surface area contributed by atoms with E-state index in [1.165, 1.54) is 24.0 Å². The molecule has 178 valence electrons. The fourth-order valence-corrected chi connectivity index (χ4v) is 6.07. The highest BCUT2D eigenvalue weighted by Crippen LogP contribution is 2.43. The molecule has 0 radical (unpaired) electrons. The van der Waals surface area contributed by atoms with Crippen LogP contribution in [0.3, 0.4) is 0 Å². The molecule has 5 nitrogen and oxygen atoms in total. The minimum absolute atomic E-state index is 0.304. The number of carboxylic acid groups (broad SMARTS) is 1. The molecule has 3 heterocycles. The number of hydrogen-bond acceptors (Lipinski definition) is 4. The van der Waals surface area contributed by atoms with Crippen LogP contribution in [0.5, 0.6) is 11.5 Å². The molecule has 3 aliphatic heterocycles. The van der Waals surface area contributed by atoms with Crippen LogP contribution < -0.4 is 9.47 Å². The van der Waals surface area contributed by atoms with E-state index in [1.54, 1.807) is 6.07 Å². The molecule has 2 fully saturated rings. The number of piperidine rings is 1. The van der Waals surface area contributed by atoms with E-state index in [2.05, 4.69) is 29.2 Å². The maximum absolute atomic E-state index is 12.1. The summed E-state index contributed by atoms with van der Waals surface area (Å²) < 4.78 is 11.0. The molecule has 3 aliphatic rings. The van der Waals surface area contributed by atoms with Crippen LogP contribution in [-0.4, -0.2) is 41.4 Å². The molecule has 0 aromatic heterocycles. The second-order valence-corrected chi connectivity index (χ2v) is 9.66. The van der Waals surface area contributed by atoms with Gasteiger partial charge in [-0.1, -0.05) is 60.2 Å². The van der Waals surface area contributed by atoms with E-state index in [1.807, 2.05) is 42.5 Å². The number of aromatic carboxylic acids is 1. The van der Waals surface area contributed by atoms with Crippen LogP contribution in [0.25, 0.3) is 5.57 Å². The van der Waals surface area contributed by atoms with Gasteiger partial charge in [-0.15, -0.1) is 0 Å². The number of rotatable bonds is 6. The van der Waals surface area contributed by atoms with Gasteiger partial charge in [0.2, 0.25) is 6.79 Å². The summed E-state index contributed by atoms with van der Waals surface area (Å²) in [6.45, 7) is 1.33. The van der Waals surface area contributed by atoms with Crippen molar-refractivity contribution in [2.24, 2.45) is 0 Å². The molecule has 2 bridgehead atoms. The van der Waals surface area contributed by atoms with Gasteiger partial charge in [-0.05, 0) is 72.6 Å². The van der Waals surface area contributed by atoms with Crippen molar-refractivity contribution in [3.8, 4) is 11.5 Å². The van der Waals surface area contributed by atoms with Crippen molar-refractivity contribution >= 4 is 11.5 Å². The van der Waals surface area contributed by atoms with Crippen LogP contribution in [0.4, 0.5) is 0 Å². The fourth-order valence-electron chi connectivity index (χ4n) is 6.07. The van der Waals surface area contributed by atoms with Gasteiger partial charge in [-0.3, -0.25) is 4.90 Å². The van der Waals surface area contributed by atoms with Crippen molar-refractivity contribution < 1.29 is 19.4 Å². The molecule has 2 atom stereocenters. The summed E-state index contributed by atoms with van der Waals surface area (Å²) in [7, 11) is 0. The first-order valence-corrected chi connectivity index (χ1v) is 12.4. The minimum Gasteiger partial charge on any atom is -0.478 e. The molecule has 2 saturated heterocycles. The molecule has 0 amide bonds. The van der Waals surface area contributed by atoms with Gasteiger partial charge in [0.05, 0.1) is 5.56 Å². The molecule has 1 N–H and O–H groups in total. The second kappa shape index (κ2) is 9.23. The van der Waals surface area contributed by atoms with E-state index in [0.29, 0.717) is 24.4 Å². The Bertz CT molecular complexity index is 1270. The first kappa shape index (κ1) is 21.9. The smallest absolute Gasteiger partial charge is 0.336 e. The third-order valence-corrected chi connectivity index (χ3v) is 7.67. The van der Waals surface area contributed by atoms with Crippen molar-refractivity contribution in [2.45, 2.75) is 44.2 Å². The average molecular weight is 468 g/mol. The summed E-state index contributed by atoms with van der Waals surface area (Å²) in [5.74, 6) is 0.800. The number of fused-ring (bicyclic) bond motifs is 3. The molecule has 2 unspecified atom stereocenters. The summed E-state index contributed by atoms with van der Waals surface area (Å²) in [4.78, 5) is 14.8. The van der Waals surface area contributed by atoms with Crippen molar-refractivity contribution in [3.63, 3.8) is 0 Å². The number of carboxylic acids is 1. The van der Waals surface area contributed by atoms with E-state index >= 15 is 0 Å². The van der Waals surface area contributed by atoms with E-state index in [0.717, 1.165) is 54.0 Å². The molecule has 3 aromatic rings. The zero-order valence-corrected chi connectivity index (χ0v) is 19.7. The van der Waals surface area contributed by atoms with Gasteiger partial charge in [0.25, 0.3) is 0 Å². The number of benzene rings is 3. The van der Waals surface area contributed by atoms with Gasteiger partial charge in [-0.2, -0.15) is 0 Å². The number of nitrogens with zero attached hydrogens (tertiary/aromatic N) is 1. The van der Waals surface area contributed by atoms with E-state index in [4.69, 9.17) is 9.47 Å². The van der Waals surface area contributed by atoms with Gasteiger partial charge in [0, 0.05) is 18.6 Å². The first-order valence-electron chi connectivity index (χ1n) is 12.4. The highest BCUT2D eigenvalue weighted by atomic mass is 16.7. The van der Waals surface area contributed by atoms with Crippen molar-refractivity contribution in [3.05, 3.63) is 101 Å². The van der Waals surface area contributed by atoms with Crippen molar-refractivity contribution in [2.75, 3.05) is 13.3 Å². The summed E-state index contributed by atoms with van der Waals surface area (Å²) in [6, 6.07) is 25.0. The maximum atomic E-state index is 12.1. The van der Waals surface area contributed by atoms with E-state index < -0.39 is 5.97 Å². The Labute approximate surface area is 205 Å². The lowest BCUT2D eigenvalue weighted by molar-refractivity contribution is 0.0696. The summed E-state index contributed by atoms with van der Waals surface area (Å²) >= 11 is 0. The molecule has 5 heteroatoms. The SMILES string of the molecule is O=C(O)c1ccccc1C(=C1CC2CCC(C1)N2CCc1ccc2c(c1)OCO2)c1ccccc1. The van der Waals surface area contributed by atoms with Gasteiger partial charge < -0.3 is 14.6 Å². The number of carbonyl (C=O) groups is 1.